The summed E-state index contributed by atoms with van der Waals surface area (Å²) in [5, 5.41) is 14.8. The molecule has 0 unspecified atom stereocenters. The van der Waals surface area contributed by atoms with Crippen LogP contribution in [-0.2, 0) is 11.2 Å². The van der Waals surface area contributed by atoms with E-state index in [-0.39, 0.29) is 23.8 Å². The lowest BCUT2D eigenvalue weighted by Gasteiger charge is -2.23. The second-order valence-corrected chi connectivity index (χ2v) is 10.5. The Morgan fingerprint density at radius 2 is 2.08 bits per heavy atom. The second kappa shape index (κ2) is 11.8. The van der Waals surface area contributed by atoms with Crippen molar-refractivity contribution in [2.45, 2.75) is 45.1 Å². The number of benzene rings is 1. The number of aryl methyl sites for hydroxylation is 1. The van der Waals surface area contributed by atoms with E-state index in [9.17, 15) is 4.79 Å². The molecular weight excluding hydrogens is 500 g/mol. The molecule has 1 amide bonds. The van der Waals surface area contributed by atoms with Gasteiger partial charge in [0.25, 0.3) is 11.8 Å². The number of anilines is 1. The highest BCUT2D eigenvalue weighted by Gasteiger charge is 2.33. The summed E-state index contributed by atoms with van der Waals surface area (Å²) in [6, 6.07) is 13.7. The Hall–Kier alpha value is -3.63. The first kappa shape index (κ1) is 26.0. The number of likely N-dealkylation sites (tertiary alicyclic amines) is 1. The number of hydrogen-bond donors (Lipinski definition) is 1. The Bertz CT molecular complexity index is 1370. The van der Waals surface area contributed by atoms with Gasteiger partial charge >= 0.3 is 0 Å². The number of amides is 1. The standard InChI is InChI=1S/C28H32N6O3S/c1-18(14-20-8-5-4-6-9-20)25-32-33-26(37-25)22-15-21(16-24(31-22)29-11-13-36-3)28(35)34-12-7-10-23(34)27-30-19(2)17-38-27/h4-6,8-9,15-18,23H,7,10-14H2,1-3H3,(H,29,31)/t18-,23+/m0/s1. The molecular formula is C28H32N6O3S. The zero-order valence-corrected chi connectivity index (χ0v) is 22.7. The Balaban J connectivity index is 1.42. The van der Waals surface area contributed by atoms with Crippen LogP contribution in [0.2, 0.25) is 0 Å². The third-order valence-electron chi connectivity index (χ3n) is 6.59. The van der Waals surface area contributed by atoms with Gasteiger partial charge in [-0.05, 0) is 43.9 Å². The summed E-state index contributed by atoms with van der Waals surface area (Å²) >= 11 is 1.61. The van der Waals surface area contributed by atoms with Crippen molar-refractivity contribution in [3.8, 4) is 11.6 Å². The fourth-order valence-electron chi connectivity index (χ4n) is 4.69. The quantitative estimate of drug-likeness (QED) is 0.275. The van der Waals surface area contributed by atoms with Gasteiger partial charge in [0.2, 0.25) is 5.89 Å². The molecule has 0 bridgehead atoms. The predicted molar refractivity (Wildman–Crippen MR) is 146 cm³/mol. The lowest BCUT2D eigenvalue weighted by Crippen LogP contribution is -2.30. The molecule has 2 atom stereocenters. The van der Waals surface area contributed by atoms with Crippen LogP contribution in [0.25, 0.3) is 11.6 Å². The second-order valence-electron chi connectivity index (χ2n) is 9.57. The van der Waals surface area contributed by atoms with Crippen LogP contribution in [0.15, 0.2) is 52.3 Å². The Morgan fingerprint density at radius 3 is 2.84 bits per heavy atom. The maximum atomic E-state index is 13.8. The molecule has 5 rings (SSSR count). The van der Waals surface area contributed by atoms with Gasteiger partial charge in [0.15, 0.2) is 0 Å². The van der Waals surface area contributed by atoms with Crippen LogP contribution in [0.1, 0.15) is 64.2 Å². The van der Waals surface area contributed by atoms with Crippen LogP contribution >= 0.6 is 11.3 Å². The van der Waals surface area contributed by atoms with E-state index in [4.69, 9.17) is 9.15 Å². The van der Waals surface area contributed by atoms with E-state index in [0.717, 1.165) is 30.0 Å². The van der Waals surface area contributed by atoms with Gasteiger partial charge in [-0.2, -0.15) is 0 Å². The van der Waals surface area contributed by atoms with Crippen LogP contribution in [-0.4, -0.2) is 57.8 Å². The number of rotatable bonds is 10. The minimum absolute atomic E-state index is 0.0171. The number of methoxy groups -OCH3 is 1. The molecule has 0 radical (unpaired) electrons. The molecule has 3 aromatic heterocycles. The maximum Gasteiger partial charge on any atom is 0.266 e. The number of pyridine rings is 1. The first-order valence-corrected chi connectivity index (χ1v) is 13.8. The number of carbonyl (C=O) groups is 1. The smallest absolute Gasteiger partial charge is 0.266 e. The molecule has 1 aliphatic heterocycles. The van der Waals surface area contributed by atoms with E-state index in [2.05, 4.69) is 44.5 Å². The van der Waals surface area contributed by atoms with Crippen LogP contribution in [0, 0.1) is 6.92 Å². The summed E-state index contributed by atoms with van der Waals surface area (Å²) in [6.45, 7) is 5.79. The molecule has 198 valence electrons. The molecule has 38 heavy (non-hydrogen) atoms. The van der Waals surface area contributed by atoms with E-state index in [0.29, 0.717) is 42.7 Å². The van der Waals surface area contributed by atoms with E-state index in [1.807, 2.05) is 35.4 Å². The van der Waals surface area contributed by atoms with Gasteiger partial charge in [-0.15, -0.1) is 21.5 Å². The molecule has 0 spiro atoms. The third-order valence-corrected chi connectivity index (χ3v) is 7.65. The largest absolute Gasteiger partial charge is 0.419 e. The summed E-state index contributed by atoms with van der Waals surface area (Å²) in [5.41, 5.74) is 3.16. The predicted octanol–water partition coefficient (Wildman–Crippen LogP) is 5.28. The molecule has 10 heteroatoms. The van der Waals surface area contributed by atoms with Crippen LogP contribution in [0.4, 0.5) is 5.82 Å². The van der Waals surface area contributed by atoms with E-state index < -0.39 is 0 Å². The van der Waals surface area contributed by atoms with E-state index in [1.54, 1.807) is 30.6 Å². The third kappa shape index (κ3) is 5.92. The van der Waals surface area contributed by atoms with E-state index in [1.165, 1.54) is 5.56 Å². The fraction of sp³-hybridized carbons (Fsp3) is 0.393. The van der Waals surface area contributed by atoms with Crippen molar-refractivity contribution in [3.05, 3.63) is 75.6 Å². The molecule has 1 aliphatic rings. The minimum atomic E-state index is -0.0593. The van der Waals surface area contributed by atoms with Crippen molar-refractivity contribution in [1.82, 2.24) is 25.1 Å². The number of ether oxygens (including phenoxy) is 1. The van der Waals surface area contributed by atoms with Gasteiger partial charge < -0.3 is 19.4 Å². The van der Waals surface area contributed by atoms with Gasteiger partial charge in [-0.1, -0.05) is 37.3 Å². The van der Waals surface area contributed by atoms with Crippen molar-refractivity contribution in [2.75, 3.05) is 32.1 Å². The van der Waals surface area contributed by atoms with Crippen molar-refractivity contribution in [1.29, 1.82) is 0 Å². The highest BCUT2D eigenvalue weighted by molar-refractivity contribution is 7.09. The van der Waals surface area contributed by atoms with E-state index >= 15 is 0 Å². The minimum Gasteiger partial charge on any atom is -0.419 e. The van der Waals surface area contributed by atoms with Crippen molar-refractivity contribution in [3.63, 3.8) is 0 Å². The van der Waals surface area contributed by atoms with Crippen LogP contribution in [0.3, 0.4) is 0 Å². The molecule has 4 heterocycles. The summed E-state index contributed by atoms with van der Waals surface area (Å²) in [4.78, 5) is 25.0. The van der Waals surface area contributed by atoms with Gasteiger partial charge in [0.1, 0.15) is 16.5 Å². The number of hydrogen-bond acceptors (Lipinski definition) is 9. The fourth-order valence-corrected chi connectivity index (χ4v) is 5.63. The summed E-state index contributed by atoms with van der Waals surface area (Å²) < 4.78 is 11.2. The number of nitrogens with one attached hydrogen (secondary N) is 1. The zero-order chi connectivity index (χ0) is 26.5. The molecule has 4 aromatic rings. The molecule has 1 fully saturated rings. The maximum absolute atomic E-state index is 13.8. The molecule has 0 aliphatic carbocycles. The highest BCUT2D eigenvalue weighted by Crippen LogP contribution is 2.35. The first-order valence-electron chi connectivity index (χ1n) is 12.9. The van der Waals surface area contributed by atoms with Crippen LogP contribution < -0.4 is 5.32 Å². The summed E-state index contributed by atoms with van der Waals surface area (Å²) in [6.07, 6.45) is 2.63. The van der Waals surface area contributed by atoms with Gasteiger partial charge in [0, 0.05) is 42.8 Å². The topological polar surface area (TPSA) is 106 Å². The number of nitrogens with zero attached hydrogens (tertiary/aromatic N) is 5. The van der Waals surface area contributed by atoms with Crippen molar-refractivity contribution in [2.24, 2.45) is 0 Å². The normalized spacial score (nSPS) is 16.1. The molecule has 0 saturated carbocycles. The summed E-state index contributed by atoms with van der Waals surface area (Å²) in [7, 11) is 1.64. The van der Waals surface area contributed by atoms with Gasteiger partial charge in [0.05, 0.1) is 12.6 Å². The van der Waals surface area contributed by atoms with Crippen LogP contribution in [0.5, 0.6) is 0 Å². The Morgan fingerprint density at radius 1 is 1.24 bits per heavy atom. The Labute approximate surface area is 226 Å². The molecule has 1 N–H and O–H groups in total. The number of thiazole rings is 1. The summed E-state index contributed by atoms with van der Waals surface area (Å²) in [5.74, 6) is 1.36. The molecule has 1 aromatic carbocycles. The van der Waals surface area contributed by atoms with Crippen molar-refractivity contribution < 1.29 is 13.9 Å². The number of aromatic nitrogens is 4. The Kier molecular flexibility index (Phi) is 8.09. The average Bonchev–Trinajstić information content (AvgIpc) is 3.70. The zero-order valence-electron chi connectivity index (χ0n) is 21.9. The first-order chi connectivity index (χ1) is 18.5. The highest BCUT2D eigenvalue weighted by atomic mass is 32.1. The van der Waals surface area contributed by atoms with Crippen molar-refractivity contribution >= 4 is 23.1 Å². The number of carbonyl (C=O) groups excluding carboxylic acids is 1. The lowest BCUT2D eigenvalue weighted by molar-refractivity contribution is 0.0735. The van der Waals surface area contributed by atoms with Gasteiger partial charge in [-0.3, -0.25) is 4.79 Å². The lowest BCUT2D eigenvalue weighted by atomic mass is 10.0. The monoisotopic (exact) mass is 532 g/mol. The molecule has 1 saturated heterocycles. The average molecular weight is 533 g/mol. The van der Waals surface area contributed by atoms with Gasteiger partial charge in [-0.25, -0.2) is 9.97 Å². The molecule has 9 nitrogen and oxygen atoms in total. The SMILES string of the molecule is COCCNc1cc(C(=O)N2CCC[C@@H]2c2nc(C)cs2)cc(-c2nnc([C@@H](C)Cc3ccccc3)o2)n1.